The summed E-state index contributed by atoms with van der Waals surface area (Å²) < 4.78 is 0. The number of hydrogen-bond donors (Lipinski definition) is 3. The van der Waals surface area contributed by atoms with E-state index in [2.05, 4.69) is 10.6 Å². The van der Waals surface area contributed by atoms with Crippen molar-refractivity contribution in [2.75, 3.05) is 13.7 Å². The quantitative estimate of drug-likeness (QED) is 0.534. The zero-order chi connectivity index (χ0) is 22.7. The van der Waals surface area contributed by atoms with Crippen LogP contribution in [0.5, 0.6) is 0 Å². The van der Waals surface area contributed by atoms with Crippen molar-refractivity contribution in [1.82, 2.24) is 15.5 Å². The maximum Gasteiger partial charge on any atom is 0.243 e. The number of aliphatic hydroxyl groups is 1. The second-order valence-corrected chi connectivity index (χ2v) is 9.66. The molecule has 7 atom stereocenters. The zero-order valence-electron chi connectivity index (χ0n) is 19.3. The Morgan fingerprint density at radius 2 is 1.87 bits per heavy atom. The van der Waals surface area contributed by atoms with Crippen LogP contribution in [0.2, 0.25) is 0 Å². The normalized spacial score (nSPS) is 33.0. The van der Waals surface area contributed by atoms with Crippen molar-refractivity contribution >= 4 is 17.7 Å². The van der Waals surface area contributed by atoms with Gasteiger partial charge in [-0.25, -0.2) is 0 Å². The van der Waals surface area contributed by atoms with Gasteiger partial charge in [-0.15, -0.1) is 0 Å². The van der Waals surface area contributed by atoms with Gasteiger partial charge in [-0.1, -0.05) is 58.6 Å². The number of fused-ring (bicyclic) bond motifs is 1. The number of amides is 3. The largest absolute Gasteiger partial charge is 0.394 e. The Bertz CT molecular complexity index is 703. The van der Waals surface area contributed by atoms with Crippen molar-refractivity contribution in [2.24, 2.45) is 29.6 Å². The summed E-state index contributed by atoms with van der Waals surface area (Å²) in [5.41, 5.74) is 0. The number of carbonyl (C=O) groups excluding carboxylic acids is 3. The molecule has 0 bridgehead atoms. The lowest BCUT2D eigenvalue weighted by Gasteiger charge is -2.37. The summed E-state index contributed by atoms with van der Waals surface area (Å²) in [6.45, 7) is 5.77. The molecule has 0 aromatic carbocycles. The first-order valence-electron chi connectivity index (χ1n) is 12.0. The number of hydrogen-bond acceptors (Lipinski definition) is 4. The minimum atomic E-state index is -0.693. The molecule has 1 aliphatic heterocycles. The molecule has 1 saturated heterocycles. The molecule has 0 aromatic rings. The van der Waals surface area contributed by atoms with Crippen LogP contribution in [0.1, 0.15) is 59.3 Å². The van der Waals surface area contributed by atoms with Crippen LogP contribution in [0.3, 0.4) is 0 Å². The second kappa shape index (κ2) is 10.2. The van der Waals surface area contributed by atoms with E-state index in [0.717, 1.165) is 32.1 Å². The third-order valence-corrected chi connectivity index (χ3v) is 7.82. The number of rotatable bonds is 7. The van der Waals surface area contributed by atoms with Crippen LogP contribution in [0.4, 0.5) is 0 Å². The third-order valence-electron chi connectivity index (χ3n) is 7.82. The van der Waals surface area contributed by atoms with Gasteiger partial charge in [0.15, 0.2) is 0 Å². The first-order valence-corrected chi connectivity index (χ1v) is 12.0. The summed E-state index contributed by atoms with van der Waals surface area (Å²) in [6.07, 6.45) is 10.0. The fraction of sp³-hybridized carbons (Fsp3) is 0.792. The van der Waals surface area contributed by atoms with Crippen LogP contribution in [0.15, 0.2) is 12.2 Å². The number of carbonyl (C=O) groups is 3. The molecule has 2 fully saturated rings. The van der Waals surface area contributed by atoms with E-state index in [1.165, 1.54) is 6.42 Å². The van der Waals surface area contributed by atoms with Gasteiger partial charge in [0, 0.05) is 19.0 Å². The van der Waals surface area contributed by atoms with Crippen molar-refractivity contribution in [2.45, 2.75) is 77.4 Å². The van der Waals surface area contributed by atoms with E-state index in [1.54, 1.807) is 11.9 Å². The molecule has 31 heavy (non-hydrogen) atoms. The molecule has 0 spiro atoms. The minimum Gasteiger partial charge on any atom is -0.394 e. The Kier molecular flexibility index (Phi) is 7.78. The average Bonchev–Trinajstić information content (AvgIpc) is 3.06. The standard InChI is InChI=1S/C24H39N3O4/c1-5-14(2)18(13-28)27-21(23(30)26-16-9-7-6-8-10-16)17-12-11-15(3)19(22(29)25-4)20(17)24(27)31/h11-12,14-21,28H,5-10,13H2,1-4H3,(H,25,29)(H,26,30)/t14-,15+,17-,18-,19+,20-,21-/m0/s1. The monoisotopic (exact) mass is 433 g/mol. The molecule has 3 N–H and O–H groups in total. The van der Waals surface area contributed by atoms with Gasteiger partial charge >= 0.3 is 0 Å². The Morgan fingerprint density at radius 1 is 1.19 bits per heavy atom. The van der Waals surface area contributed by atoms with Crippen LogP contribution in [0.25, 0.3) is 0 Å². The summed E-state index contributed by atoms with van der Waals surface area (Å²) in [6, 6.07) is -1.00. The number of nitrogens with one attached hydrogen (secondary N) is 2. The highest BCUT2D eigenvalue weighted by Gasteiger charge is 2.58. The predicted molar refractivity (Wildman–Crippen MR) is 119 cm³/mol. The van der Waals surface area contributed by atoms with Gasteiger partial charge < -0.3 is 20.6 Å². The smallest absolute Gasteiger partial charge is 0.243 e. The topological polar surface area (TPSA) is 98.7 Å². The van der Waals surface area contributed by atoms with E-state index in [1.807, 2.05) is 32.9 Å². The van der Waals surface area contributed by atoms with Crippen molar-refractivity contribution in [3.05, 3.63) is 12.2 Å². The molecule has 0 aromatic heterocycles. The third kappa shape index (κ3) is 4.52. The second-order valence-electron chi connectivity index (χ2n) is 9.66. The lowest BCUT2D eigenvalue weighted by Crippen LogP contribution is -2.55. The number of aliphatic hydroxyl groups excluding tert-OH is 1. The summed E-state index contributed by atoms with van der Waals surface area (Å²) in [5, 5.41) is 16.1. The van der Waals surface area contributed by atoms with Gasteiger partial charge in [0.25, 0.3) is 0 Å². The van der Waals surface area contributed by atoms with Gasteiger partial charge in [-0.05, 0) is 24.7 Å². The van der Waals surface area contributed by atoms with Gasteiger partial charge in [-0.3, -0.25) is 14.4 Å². The Labute approximate surface area is 186 Å². The molecule has 174 valence electrons. The SMILES string of the molecule is CC[C@H](C)[C@H](CO)N1C(=O)[C@H]2[C@H](C=C[C@@H](C)[C@H]2C(=O)NC)[C@H]1C(=O)NC1CCCCC1. The number of likely N-dealkylation sites (tertiary alicyclic amines) is 1. The fourth-order valence-electron chi connectivity index (χ4n) is 5.81. The summed E-state index contributed by atoms with van der Waals surface area (Å²) in [4.78, 5) is 41.7. The average molecular weight is 434 g/mol. The van der Waals surface area contributed by atoms with Crippen LogP contribution >= 0.6 is 0 Å². The summed E-state index contributed by atoms with van der Waals surface area (Å²) >= 11 is 0. The van der Waals surface area contributed by atoms with Crippen molar-refractivity contribution in [3.63, 3.8) is 0 Å². The highest BCUT2D eigenvalue weighted by molar-refractivity contribution is 5.97. The molecule has 3 rings (SSSR count). The Morgan fingerprint density at radius 3 is 2.45 bits per heavy atom. The molecular weight excluding hydrogens is 394 g/mol. The maximum atomic E-state index is 13.8. The molecule has 1 heterocycles. The van der Waals surface area contributed by atoms with Gasteiger partial charge in [-0.2, -0.15) is 0 Å². The van der Waals surface area contributed by atoms with Gasteiger partial charge in [0.05, 0.1) is 24.5 Å². The molecule has 2 aliphatic carbocycles. The van der Waals surface area contributed by atoms with E-state index in [-0.39, 0.29) is 48.1 Å². The van der Waals surface area contributed by atoms with E-state index in [0.29, 0.717) is 0 Å². The van der Waals surface area contributed by atoms with Gasteiger partial charge in [0.1, 0.15) is 6.04 Å². The molecule has 1 saturated carbocycles. The van der Waals surface area contributed by atoms with Crippen LogP contribution in [-0.4, -0.2) is 59.5 Å². The summed E-state index contributed by atoms with van der Waals surface area (Å²) in [5.74, 6) is -2.02. The van der Waals surface area contributed by atoms with E-state index in [9.17, 15) is 19.5 Å². The van der Waals surface area contributed by atoms with E-state index < -0.39 is 23.9 Å². The molecule has 0 unspecified atom stereocenters. The maximum absolute atomic E-state index is 13.8. The first kappa shape index (κ1) is 23.8. The van der Waals surface area contributed by atoms with Crippen molar-refractivity contribution < 1.29 is 19.5 Å². The van der Waals surface area contributed by atoms with E-state index >= 15 is 0 Å². The Balaban J connectivity index is 1.98. The van der Waals surface area contributed by atoms with Crippen molar-refractivity contribution in [1.29, 1.82) is 0 Å². The number of allylic oxidation sites excluding steroid dienone is 1. The Hall–Kier alpha value is -1.89. The minimum absolute atomic E-state index is 0.0407. The highest BCUT2D eigenvalue weighted by Crippen LogP contribution is 2.45. The molecule has 7 heteroatoms. The lowest BCUT2D eigenvalue weighted by molar-refractivity contribution is -0.144. The lowest BCUT2D eigenvalue weighted by atomic mass is 9.70. The highest BCUT2D eigenvalue weighted by atomic mass is 16.3. The molecule has 3 aliphatic rings. The molecular formula is C24H39N3O4. The van der Waals surface area contributed by atoms with E-state index in [4.69, 9.17) is 0 Å². The van der Waals surface area contributed by atoms with Gasteiger partial charge in [0.2, 0.25) is 17.7 Å². The van der Waals surface area contributed by atoms with Crippen molar-refractivity contribution in [3.8, 4) is 0 Å². The summed E-state index contributed by atoms with van der Waals surface area (Å²) in [7, 11) is 1.59. The van der Waals surface area contributed by atoms with Crippen LogP contribution < -0.4 is 10.6 Å². The zero-order valence-corrected chi connectivity index (χ0v) is 19.3. The number of nitrogens with zero attached hydrogens (tertiary/aromatic N) is 1. The molecule has 0 radical (unpaired) electrons. The molecule has 7 nitrogen and oxygen atoms in total. The molecule has 3 amide bonds. The van der Waals surface area contributed by atoms with Crippen LogP contribution in [0, 0.1) is 29.6 Å². The van der Waals surface area contributed by atoms with Crippen LogP contribution in [-0.2, 0) is 14.4 Å². The predicted octanol–water partition coefficient (Wildman–Crippen LogP) is 1.85. The first-order chi connectivity index (χ1) is 14.8. The fourth-order valence-corrected chi connectivity index (χ4v) is 5.81.